The first-order valence-electron chi connectivity index (χ1n) is 7.70. The van der Waals surface area contributed by atoms with Gasteiger partial charge in [-0.2, -0.15) is 0 Å². The molecule has 0 spiro atoms. The van der Waals surface area contributed by atoms with Crippen LogP contribution >= 0.6 is 23.2 Å². The van der Waals surface area contributed by atoms with Gasteiger partial charge in [-0.3, -0.25) is 0 Å². The number of rotatable bonds is 5. The molecule has 0 saturated heterocycles. The normalized spacial score (nSPS) is 12.3. The van der Waals surface area contributed by atoms with Crippen LogP contribution in [0.5, 0.6) is 0 Å². The molecule has 1 aromatic heterocycles. The fourth-order valence-electron chi connectivity index (χ4n) is 2.79. The summed E-state index contributed by atoms with van der Waals surface area (Å²) in [4.78, 5) is 8.03. The van der Waals surface area contributed by atoms with Crippen molar-refractivity contribution in [1.29, 1.82) is 0 Å². The Hall–Kier alpha value is -1.77. The van der Waals surface area contributed by atoms with E-state index >= 15 is 0 Å². The van der Waals surface area contributed by atoms with Crippen molar-refractivity contribution in [3.05, 3.63) is 87.4 Å². The van der Waals surface area contributed by atoms with Gasteiger partial charge in [0.1, 0.15) is 5.82 Å². The number of hydrogen-bond acceptors (Lipinski definition) is 1. The van der Waals surface area contributed by atoms with Crippen LogP contribution in [-0.4, -0.2) is 9.97 Å². The molecule has 0 aliphatic rings. The first-order valence-corrected chi connectivity index (χ1v) is 8.45. The van der Waals surface area contributed by atoms with E-state index in [2.05, 4.69) is 41.2 Å². The van der Waals surface area contributed by atoms with Gasteiger partial charge in [0.15, 0.2) is 0 Å². The van der Waals surface area contributed by atoms with Crippen LogP contribution < -0.4 is 0 Å². The zero-order valence-corrected chi connectivity index (χ0v) is 14.4. The Morgan fingerprint density at radius 3 is 2.57 bits per heavy atom. The van der Waals surface area contributed by atoms with Gasteiger partial charge in [0.25, 0.3) is 0 Å². The summed E-state index contributed by atoms with van der Waals surface area (Å²) in [7, 11) is 0. The van der Waals surface area contributed by atoms with Crippen molar-refractivity contribution in [3.8, 4) is 0 Å². The smallest absolute Gasteiger partial charge is 0.113 e. The zero-order chi connectivity index (χ0) is 16.2. The zero-order valence-electron chi connectivity index (χ0n) is 12.9. The minimum absolute atomic E-state index is 0.283. The van der Waals surface area contributed by atoms with Crippen molar-refractivity contribution in [2.24, 2.45) is 0 Å². The van der Waals surface area contributed by atoms with E-state index < -0.39 is 0 Å². The Bertz CT molecular complexity index is 781. The van der Waals surface area contributed by atoms with Crippen LogP contribution in [0.3, 0.4) is 0 Å². The van der Waals surface area contributed by atoms with Crippen molar-refractivity contribution in [3.63, 3.8) is 0 Å². The molecule has 1 heterocycles. The van der Waals surface area contributed by atoms with Crippen molar-refractivity contribution in [1.82, 2.24) is 9.97 Å². The van der Waals surface area contributed by atoms with Gasteiger partial charge in [-0.15, -0.1) is 0 Å². The molecule has 0 amide bonds. The molecule has 0 fully saturated rings. The van der Waals surface area contributed by atoms with E-state index in [4.69, 9.17) is 23.2 Å². The molecule has 3 aromatic rings. The summed E-state index contributed by atoms with van der Waals surface area (Å²) < 4.78 is 0. The Morgan fingerprint density at radius 2 is 1.87 bits per heavy atom. The summed E-state index contributed by atoms with van der Waals surface area (Å²) >= 11 is 12.2. The molecule has 2 aromatic carbocycles. The standard InChI is InChI=1S/C19H18Cl2N2/c1-2-17(13-6-4-3-5-7-13)19-22-12-16(23-19)10-14-8-9-15(20)11-18(14)21/h3-9,11-12,17H,2,10H2,1H3,(H,22,23). The summed E-state index contributed by atoms with van der Waals surface area (Å²) in [6.45, 7) is 2.18. The third kappa shape index (κ3) is 3.77. The number of aromatic nitrogens is 2. The lowest BCUT2D eigenvalue weighted by atomic mass is 9.96. The van der Waals surface area contributed by atoms with E-state index in [0.717, 1.165) is 23.5 Å². The molecule has 0 aliphatic heterocycles. The van der Waals surface area contributed by atoms with Crippen LogP contribution in [-0.2, 0) is 6.42 Å². The minimum Gasteiger partial charge on any atom is -0.345 e. The molecule has 118 valence electrons. The molecule has 0 saturated carbocycles. The number of benzene rings is 2. The summed E-state index contributed by atoms with van der Waals surface area (Å²) in [5.41, 5.74) is 3.37. The molecule has 4 heteroatoms. The SMILES string of the molecule is CCC(c1ccccc1)c1ncc(Cc2ccc(Cl)cc2Cl)[nH]1. The highest BCUT2D eigenvalue weighted by Crippen LogP contribution is 2.27. The van der Waals surface area contributed by atoms with Crippen LogP contribution in [0.2, 0.25) is 10.0 Å². The lowest BCUT2D eigenvalue weighted by Crippen LogP contribution is -2.02. The number of nitrogens with one attached hydrogen (secondary N) is 1. The monoisotopic (exact) mass is 344 g/mol. The number of halogens is 2. The van der Waals surface area contributed by atoms with E-state index in [1.807, 2.05) is 24.4 Å². The highest BCUT2D eigenvalue weighted by molar-refractivity contribution is 6.35. The summed E-state index contributed by atoms with van der Waals surface area (Å²) in [5, 5.41) is 1.34. The maximum Gasteiger partial charge on any atom is 0.113 e. The van der Waals surface area contributed by atoms with Crippen LogP contribution in [0.25, 0.3) is 0 Å². The number of hydrogen-bond donors (Lipinski definition) is 1. The summed E-state index contributed by atoms with van der Waals surface area (Å²) in [6, 6.07) is 16.0. The molecule has 23 heavy (non-hydrogen) atoms. The molecule has 0 radical (unpaired) electrons. The average Bonchev–Trinajstić information content (AvgIpc) is 3.00. The lowest BCUT2D eigenvalue weighted by molar-refractivity contribution is 0.727. The third-order valence-electron chi connectivity index (χ3n) is 3.98. The van der Waals surface area contributed by atoms with Gasteiger partial charge in [0, 0.05) is 34.3 Å². The molecular formula is C19H18Cl2N2. The molecule has 1 atom stereocenters. The van der Waals surface area contributed by atoms with Crippen molar-refractivity contribution >= 4 is 23.2 Å². The molecule has 0 aliphatic carbocycles. The molecular weight excluding hydrogens is 327 g/mol. The second-order valence-corrected chi connectivity index (χ2v) is 6.42. The quantitative estimate of drug-likeness (QED) is 0.617. The molecule has 0 bridgehead atoms. The fraction of sp³-hybridized carbons (Fsp3) is 0.211. The van der Waals surface area contributed by atoms with Crippen LogP contribution in [0.4, 0.5) is 0 Å². The van der Waals surface area contributed by atoms with Gasteiger partial charge in [0.05, 0.1) is 0 Å². The van der Waals surface area contributed by atoms with Gasteiger partial charge in [-0.1, -0.05) is 66.5 Å². The maximum atomic E-state index is 6.25. The topological polar surface area (TPSA) is 28.7 Å². The molecule has 1 N–H and O–H groups in total. The van der Waals surface area contributed by atoms with Crippen molar-refractivity contribution < 1.29 is 0 Å². The Labute approximate surface area is 146 Å². The average molecular weight is 345 g/mol. The predicted molar refractivity (Wildman–Crippen MR) is 96.4 cm³/mol. The summed E-state index contributed by atoms with van der Waals surface area (Å²) in [6.07, 6.45) is 3.61. The number of aromatic amines is 1. The second kappa shape index (κ2) is 7.20. The van der Waals surface area contributed by atoms with Gasteiger partial charge >= 0.3 is 0 Å². The molecule has 3 rings (SSSR count). The van der Waals surface area contributed by atoms with E-state index in [9.17, 15) is 0 Å². The number of H-pyrrole nitrogens is 1. The fourth-order valence-corrected chi connectivity index (χ4v) is 3.26. The van der Waals surface area contributed by atoms with Gasteiger partial charge in [-0.25, -0.2) is 4.98 Å². The Kier molecular flexibility index (Phi) is 5.04. The molecule has 1 unspecified atom stereocenters. The van der Waals surface area contributed by atoms with E-state index in [1.54, 1.807) is 6.07 Å². The summed E-state index contributed by atoms with van der Waals surface area (Å²) in [5.74, 6) is 1.28. The third-order valence-corrected chi connectivity index (χ3v) is 4.57. The van der Waals surface area contributed by atoms with E-state index in [0.29, 0.717) is 16.5 Å². The van der Waals surface area contributed by atoms with Gasteiger partial charge in [0.2, 0.25) is 0 Å². The first-order chi connectivity index (χ1) is 11.2. The minimum atomic E-state index is 0.283. The highest BCUT2D eigenvalue weighted by Gasteiger charge is 2.15. The number of imidazole rings is 1. The van der Waals surface area contributed by atoms with Crippen LogP contribution in [0, 0.1) is 0 Å². The maximum absolute atomic E-state index is 6.25. The van der Waals surface area contributed by atoms with Crippen molar-refractivity contribution in [2.75, 3.05) is 0 Å². The Balaban J connectivity index is 1.82. The second-order valence-electron chi connectivity index (χ2n) is 5.58. The van der Waals surface area contributed by atoms with E-state index in [-0.39, 0.29) is 5.92 Å². The number of nitrogens with zero attached hydrogens (tertiary/aromatic N) is 1. The van der Waals surface area contributed by atoms with Gasteiger partial charge < -0.3 is 4.98 Å². The first kappa shape index (κ1) is 16.1. The van der Waals surface area contributed by atoms with Gasteiger partial charge in [-0.05, 0) is 29.7 Å². The largest absolute Gasteiger partial charge is 0.345 e. The highest BCUT2D eigenvalue weighted by atomic mass is 35.5. The van der Waals surface area contributed by atoms with Crippen LogP contribution in [0.1, 0.15) is 41.9 Å². The molecule has 2 nitrogen and oxygen atoms in total. The van der Waals surface area contributed by atoms with Crippen molar-refractivity contribution in [2.45, 2.75) is 25.7 Å². The predicted octanol–water partition coefficient (Wildman–Crippen LogP) is 5.85. The van der Waals surface area contributed by atoms with E-state index in [1.165, 1.54) is 5.56 Å². The lowest BCUT2D eigenvalue weighted by Gasteiger charge is -2.12. The van der Waals surface area contributed by atoms with Crippen LogP contribution in [0.15, 0.2) is 54.7 Å². The Morgan fingerprint density at radius 1 is 1.09 bits per heavy atom.